The van der Waals surface area contributed by atoms with Gasteiger partial charge in [0.1, 0.15) is 12.2 Å². The molecule has 0 radical (unpaired) electrons. The zero-order valence-corrected chi connectivity index (χ0v) is 23.4. The normalized spacial score (nSPS) is 26.9. The number of hydrogen-bond acceptors (Lipinski definition) is 8. The van der Waals surface area contributed by atoms with Crippen LogP contribution in [0.5, 0.6) is 11.5 Å². The highest BCUT2D eigenvalue weighted by molar-refractivity contribution is 14.1. The van der Waals surface area contributed by atoms with Crippen molar-refractivity contribution in [2.24, 2.45) is 0 Å². The fraction of sp³-hybridized carbons (Fsp3) is 0.696. The number of esters is 1. The zero-order chi connectivity index (χ0) is 24.2. The summed E-state index contributed by atoms with van der Waals surface area (Å²) in [4.78, 5) is 12.5. The lowest BCUT2D eigenvalue weighted by Crippen LogP contribution is -2.47. The van der Waals surface area contributed by atoms with Crippen molar-refractivity contribution in [3.05, 3.63) is 21.3 Å². The summed E-state index contributed by atoms with van der Waals surface area (Å²) in [7, 11) is -2.06. The Hall–Kier alpha value is -0.923. The van der Waals surface area contributed by atoms with Crippen LogP contribution in [0.3, 0.4) is 0 Å². The van der Waals surface area contributed by atoms with Crippen LogP contribution in [0.15, 0.2) is 12.1 Å². The van der Waals surface area contributed by atoms with E-state index in [4.69, 9.17) is 32.8 Å². The Bertz CT molecular complexity index is 912. The molecule has 0 saturated carbocycles. The molecule has 2 saturated heterocycles. The van der Waals surface area contributed by atoms with Crippen molar-refractivity contribution in [1.29, 1.82) is 0 Å². The van der Waals surface area contributed by atoms with Crippen LogP contribution in [0.25, 0.3) is 0 Å². The first kappa shape index (κ1) is 25.2. The molecule has 0 unspecified atom stereocenters. The van der Waals surface area contributed by atoms with Crippen molar-refractivity contribution in [1.82, 2.24) is 0 Å². The van der Waals surface area contributed by atoms with Gasteiger partial charge in [-0.3, -0.25) is 0 Å². The standard InChI is InChI=1S/C23H33IO8Si/c1-22(2,3)33(6,7)29-11-17(18-19-20(21(25)30-18)32-23(4,5)31-19)26-10-13-8-15-16(9-14(13)24)28-12-27-15/h8-9,17-20H,10-12H2,1-7H3/t17-,18+,19-,20-/m1/s1. The van der Waals surface area contributed by atoms with Gasteiger partial charge in [0.2, 0.25) is 6.79 Å². The first-order valence-corrected chi connectivity index (χ1v) is 15.2. The van der Waals surface area contributed by atoms with Crippen molar-refractivity contribution in [2.75, 3.05) is 13.4 Å². The van der Waals surface area contributed by atoms with E-state index in [0.29, 0.717) is 19.0 Å². The Morgan fingerprint density at radius 3 is 2.52 bits per heavy atom. The average Bonchev–Trinajstić information content (AvgIpc) is 3.35. The van der Waals surface area contributed by atoms with Crippen molar-refractivity contribution < 1.29 is 37.6 Å². The van der Waals surface area contributed by atoms with Crippen molar-refractivity contribution in [3.8, 4) is 11.5 Å². The van der Waals surface area contributed by atoms with E-state index in [1.165, 1.54) is 0 Å². The first-order chi connectivity index (χ1) is 15.3. The zero-order valence-electron chi connectivity index (χ0n) is 20.2. The number of carbonyl (C=O) groups excluding carboxylic acids is 1. The molecule has 2 fully saturated rings. The Balaban J connectivity index is 1.54. The van der Waals surface area contributed by atoms with E-state index < -0.39 is 44.5 Å². The van der Waals surface area contributed by atoms with Gasteiger partial charge in [0.15, 0.2) is 37.8 Å². The van der Waals surface area contributed by atoms with Gasteiger partial charge in [-0.05, 0) is 72.3 Å². The van der Waals surface area contributed by atoms with E-state index in [1.807, 2.05) is 12.1 Å². The van der Waals surface area contributed by atoms with Crippen LogP contribution in [0.4, 0.5) is 0 Å². The lowest BCUT2D eigenvalue weighted by molar-refractivity contribution is -0.198. The van der Waals surface area contributed by atoms with E-state index in [2.05, 4.69) is 56.5 Å². The second-order valence-electron chi connectivity index (χ2n) is 10.6. The van der Waals surface area contributed by atoms with Crippen LogP contribution >= 0.6 is 22.6 Å². The molecule has 1 aromatic rings. The van der Waals surface area contributed by atoms with Gasteiger partial charge in [-0.25, -0.2) is 4.79 Å². The highest BCUT2D eigenvalue weighted by atomic mass is 127. The van der Waals surface area contributed by atoms with Gasteiger partial charge in [0, 0.05) is 3.57 Å². The molecule has 3 aliphatic rings. The molecule has 0 bridgehead atoms. The molecule has 3 heterocycles. The Kier molecular flexibility index (Phi) is 6.82. The molecular weight excluding hydrogens is 559 g/mol. The maximum atomic E-state index is 12.5. The van der Waals surface area contributed by atoms with E-state index >= 15 is 0 Å². The van der Waals surface area contributed by atoms with Crippen LogP contribution in [-0.4, -0.2) is 57.9 Å². The summed E-state index contributed by atoms with van der Waals surface area (Å²) in [5.74, 6) is 0.149. The molecule has 0 spiro atoms. The number of benzene rings is 1. The number of rotatable bonds is 7. The minimum atomic E-state index is -2.06. The molecule has 8 nitrogen and oxygen atoms in total. The van der Waals surface area contributed by atoms with Crippen LogP contribution in [0.1, 0.15) is 40.2 Å². The van der Waals surface area contributed by atoms with Gasteiger partial charge in [0.25, 0.3) is 0 Å². The predicted molar refractivity (Wildman–Crippen MR) is 131 cm³/mol. The quantitative estimate of drug-likeness (QED) is 0.263. The average molecular weight is 592 g/mol. The van der Waals surface area contributed by atoms with Gasteiger partial charge >= 0.3 is 5.97 Å². The number of fused-ring (bicyclic) bond motifs is 2. The minimum Gasteiger partial charge on any atom is -0.455 e. The molecule has 0 N–H and O–H groups in total. The fourth-order valence-corrected chi connectivity index (χ4v) is 5.39. The van der Waals surface area contributed by atoms with E-state index in [9.17, 15) is 4.79 Å². The van der Waals surface area contributed by atoms with Gasteiger partial charge in [-0.1, -0.05) is 20.8 Å². The molecule has 10 heteroatoms. The predicted octanol–water partition coefficient (Wildman–Crippen LogP) is 4.37. The highest BCUT2D eigenvalue weighted by Crippen LogP contribution is 2.40. The van der Waals surface area contributed by atoms with Crippen molar-refractivity contribution in [3.63, 3.8) is 0 Å². The van der Waals surface area contributed by atoms with Crippen LogP contribution in [0.2, 0.25) is 18.1 Å². The molecule has 184 valence electrons. The number of halogens is 1. The molecule has 4 rings (SSSR count). The Labute approximate surface area is 209 Å². The van der Waals surface area contributed by atoms with Crippen molar-refractivity contribution in [2.45, 2.75) is 89.6 Å². The van der Waals surface area contributed by atoms with E-state index in [0.717, 1.165) is 14.9 Å². The maximum absolute atomic E-state index is 12.5. The summed E-state index contributed by atoms with van der Waals surface area (Å²) in [5.41, 5.74) is 0.960. The van der Waals surface area contributed by atoms with Gasteiger partial charge < -0.3 is 32.8 Å². The maximum Gasteiger partial charge on any atom is 0.338 e. The van der Waals surface area contributed by atoms with E-state index in [1.54, 1.807) is 13.8 Å². The second kappa shape index (κ2) is 8.94. The smallest absolute Gasteiger partial charge is 0.338 e. The monoisotopic (exact) mass is 592 g/mol. The molecule has 0 aromatic heterocycles. The lowest BCUT2D eigenvalue weighted by Gasteiger charge is -2.38. The van der Waals surface area contributed by atoms with Crippen LogP contribution < -0.4 is 9.47 Å². The summed E-state index contributed by atoms with van der Waals surface area (Å²) in [6.07, 6.45) is -2.44. The summed E-state index contributed by atoms with van der Waals surface area (Å²) in [6.45, 7) is 15.3. The summed E-state index contributed by atoms with van der Waals surface area (Å²) in [6, 6.07) is 3.86. The summed E-state index contributed by atoms with van der Waals surface area (Å²) in [5, 5.41) is 0.0358. The first-order valence-electron chi connectivity index (χ1n) is 11.2. The minimum absolute atomic E-state index is 0.0358. The molecule has 1 aromatic carbocycles. The fourth-order valence-electron chi connectivity index (χ4n) is 3.78. The molecule has 0 amide bonds. The highest BCUT2D eigenvalue weighted by Gasteiger charge is 2.58. The molecule has 33 heavy (non-hydrogen) atoms. The van der Waals surface area contributed by atoms with Gasteiger partial charge in [0.05, 0.1) is 13.2 Å². The lowest BCUT2D eigenvalue weighted by atomic mass is 10.1. The van der Waals surface area contributed by atoms with Gasteiger partial charge in [-0.15, -0.1) is 0 Å². The summed E-state index contributed by atoms with van der Waals surface area (Å²) < 4.78 is 42.3. The SMILES string of the molecule is CC1(C)O[C@@H]2[C@H]([C@@H](CO[Si](C)(C)C(C)(C)C)OCc3cc4c(cc3I)OCO4)OC(=O)[C@@H]2O1. The molecule has 3 aliphatic heterocycles. The van der Waals surface area contributed by atoms with Crippen LogP contribution in [-0.2, 0) is 34.8 Å². The topological polar surface area (TPSA) is 81.7 Å². The Morgan fingerprint density at radius 2 is 1.85 bits per heavy atom. The second-order valence-corrected chi connectivity index (χ2v) is 16.6. The third kappa shape index (κ3) is 5.20. The van der Waals surface area contributed by atoms with E-state index in [-0.39, 0.29) is 11.8 Å². The third-order valence-electron chi connectivity index (χ3n) is 6.71. The van der Waals surface area contributed by atoms with Crippen LogP contribution in [0, 0.1) is 3.57 Å². The molecule has 4 atom stereocenters. The largest absolute Gasteiger partial charge is 0.455 e. The number of ether oxygens (including phenoxy) is 6. The Morgan fingerprint density at radius 1 is 1.18 bits per heavy atom. The third-order valence-corrected chi connectivity index (χ3v) is 12.2. The van der Waals surface area contributed by atoms with Gasteiger partial charge in [-0.2, -0.15) is 0 Å². The number of carbonyl (C=O) groups is 1. The summed E-state index contributed by atoms with van der Waals surface area (Å²) >= 11 is 2.26. The van der Waals surface area contributed by atoms with Crippen molar-refractivity contribution >= 4 is 36.9 Å². The number of cyclic esters (lactones) is 1. The molecule has 0 aliphatic carbocycles. The molecular formula is C23H33IO8Si. The number of hydrogen-bond donors (Lipinski definition) is 0.